The number of rotatable bonds is 6. The number of nitrogens with zero attached hydrogens (tertiary/aromatic N) is 2. The number of aromatic nitrogens is 1. The molecule has 0 spiro atoms. The van der Waals surface area contributed by atoms with Gasteiger partial charge in [-0.15, -0.1) is 23.7 Å². The van der Waals surface area contributed by atoms with Gasteiger partial charge in [0.15, 0.2) is 5.13 Å². The zero-order valence-corrected chi connectivity index (χ0v) is 13.3. The van der Waals surface area contributed by atoms with Gasteiger partial charge < -0.3 is 10.5 Å². The minimum atomic E-state index is 0. The number of nitrogen functional groups attached to an aromatic ring is 1. The molecule has 0 aliphatic rings. The Morgan fingerprint density at radius 3 is 2.85 bits per heavy atom. The number of thiazole rings is 1. The van der Waals surface area contributed by atoms with Crippen molar-refractivity contribution in [1.29, 1.82) is 0 Å². The molecule has 0 aliphatic heterocycles. The molecule has 0 saturated heterocycles. The summed E-state index contributed by atoms with van der Waals surface area (Å²) < 4.78 is 5.72. The van der Waals surface area contributed by atoms with Crippen LogP contribution in [0.2, 0.25) is 0 Å². The molecule has 0 saturated carbocycles. The van der Waals surface area contributed by atoms with Crippen LogP contribution in [0.3, 0.4) is 0 Å². The average Bonchev–Trinajstić information content (AvgIpc) is 2.75. The van der Waals surface area contributed by atoms with E-state index in [-0.39, 0.29) is 12.4 Å². The van der Waals surface area contributed by atoms with Crippen LogP contribution in [0.4, 0.5) is 5.13 Å². The van der Waals surface area contributed by atoms with E-state index < -0.39 is 0 Å². The lowest BCUT2D eigenvalue weighted by Crippen LogP contribution is -2.23. The van der Waals surface area contributed by atoms with E-state index in [2.05, 4.69) is 29.9 Å². The molecule has 1 heterocycles. The van der Waals surface area contributed by atoms with Crippen LogP contribution in [0.5, 0.6) is 5.75 Å². The lowest BCUT2D eigenvalue weighted by atomic mass is 10.2. The number of hydrogen-bond acceptors (Lipinski definition) is 5. The monoisotopic (exact) mass is 313 g/mol. The van der Waals surface area contributed by atoms with Crippen molar-refractivity contribution in [3.63, 3.8) is 0 Å². The van der Waals surface area contributed by atoms with Gasteiger partial charge in [0, 0.05) is 24.2 Å². The third-order valence-electron chi connectivity index (χ3n) is 2.73. The van der Waals surface area contributed by atoms with Crippen molar-refractivity contribution in [3.05, 3.63) is 40.9 Å². The average molecular weight is 314 g/mol. The second-order valence-electron chi connectivity index (χ2n) is 4.57. The molecule has 20 heavy (non-hydrogen) atoms. The van der Waals surface area contributed by atoms with Crippen molar-refractivity contribution in [2.24, 2.45) is 0 Å². The highest BCUT2D eigenvalue weighted by atomic mass is 35.5. The van der Waals surface area contributed by atoms with E-state index in [4.69, 9.17) is 10.5 Å². The molecule has 2 rings (SSSR count). The smallest absolute Gasteiger partial charge is 0.180 e. The highest BCUT2D eigenvalue weighted by molar-refractivity contribution is 7.15. The van der Waals surface area contributed by atoms with Gasteiger partial charge in [-0.2, -0.15) is 0 Å². The van der Waals surface area contributed by atoms with Crippen molar-refractivity contribution in [2.45, 2.75) is 13.5 Å². The number of halogens is 1. The Morgan fingerprint density at radius 1 is 1.40 bits per heavy atom. The standard InChI is InChI=1S/C14H19N3OS.ClH/c1-11-4-3-5-12(8-11)18-7-6-17(2)10-13-9-16-14(15)19-13;/h3-5,8-9H,6-7,10H2,1-2H3,(H2,15,16);1H. The lowest BCUT2D eigenvalue weighted by molar-refractivity contribution is 0.234. The van der Waals surface area contributed by atoms with Crippen molar-refractivity contribution in [2.75, 3.05) is 25.9 Å². The van der Waals surface area contributed by atoms with E-state index in [1.165, 1.54) is 21.8 Å². The highest BCUT2D eigenvalue weighted by Gasteiger charge is 2.04. The van der Waals surface area contributed by atoms with Crippen molar-refractivity contribution >= 4 is 28.9 Å². The second kappa shape index (κ2) is 8.09. The van der Waals surface area contributed by atoms with E-state index >= 15 is 0 Å². The first-order valence-electron chi connectivity index (χ1n) is 6.21. The largest absolute Gasteiger partial charge is 0.492 e. The van der Waals surface area contributed by atoms with E-state index in [1.54, 1.807) is 0 Å². The maximum atomic E-state index is 5.72. The van der Waals surface area contributed by atoms with Crippen LogP contribution in [0.15, 0.2) is 30.5 Å². The summed E-state index contributed by atoms with van der Waals surface area (Å²) in [5.74, 6) is 0.926. The third kappa shape index (κ3) is 5.36. The topological polar surface area (TPSA) is 51.4 Å². The summed E-state index contributed by atoms with van der Waals surface area (Å²) in [5, 5.41) is 0.624. The van der Waals surface area contributed by atoms with Crippen LogP contribution in [0.1, 0.15) is 10.4 Å². The Labute approximate surface area is 130 Å². The molecule has 0 unspecified atom stereocenters. The van der Waals surface area contributed by atoms with Crippen molar-refractivity contribution < 1.29 is 4.74 Å². The number of ether oxygens (including phenoxy) is 1. The van der Waals surface area contributed by atoms with Gasteiger partial charge in [-0.1, -0.05) is 12.1 Å². The number of likely N-dealkylation sites (N-methyl/N-ethyl adjacent to an activating group) is 1. The second-order valence-corrected chi connectivity index (χ2v) is 5.71. The predicted molar refractivity (Wildman–Crippen MR) is 86.8 cm³/mol. The molecule has 4 nitrogen and oxygen atoms in total. The minimum Gasteiger partial charge on any atom is -0.492 e. The Balaban J connectivity index is 0.00000200. The number of hydrogen-bond donors (Lipinski definition) is 1. The van der Waals surface area contributed by atoms with E-state index in [1.807, 2.05) is 24.4 Å². The van der Waals surface area contributed by atoms with Crippen LogP contribution in [0.25, 0.3) is 0 Å². The van der Waals surface area contributed by atoms with Crippen LogP contribution in [-0.4, -0.2) is 30.1 Å². The molecule has 0 bridgehead atoms. The molecular weight excluding hydrogens is 294 g/mol. The van der Waals surface area contributed by atoms with Crippen LogP contribution in [-0.2, 0) is 6.54 Å². The molecule has 1 aromatic heterocycles. The van der Waals surface area contributed by atoms with Gasteiger partial charge in [0.25, 0.3) is 0 Å². The molecule has 0 fully saturated rings. The predicted octanol–water partition coefficient (Wildman–Crippen LogP) is 2.97. The highest BCUT2D eigenvalue weighted by Crippen LogP contribution is 2.16. The fraction of sp³-hybridized carbons (Fsp3) is 0.357. The summed E-state index contributed by atoms with van der Waals surface area (Å²) in [7, 11) is 2.06. The summed E-state index contributed by atoms with van der Waals surface area (Å²) in [6.07, 6.45) is 1.83. The van der Waals surface area contributed by atoms with Crippen LogP contribution in [0, 0.1) is 6.92 Å². The summed E-state index contributed by atoms with van der Waals surface area (Å²) in [5.41, 5.74) is 6.82. The molecule has 1 aromatic carbocycles. The number of benzene rings is 1. The van der Waals surface area contributed by atoms with Crippen molar-refractivity contribution in [1.82, 2.24) is 9.88 Å². The fourth-order valence-electron chi connectivity index (χ4n) is 1.77. The zero-order valence-electron chi connectivity index (χ0n) is 11.7. The number of anilines is 1. The summed E-state index contributed by atoms with van der Waals surface area (Å²) in [6.45, 7) is 4.46. The number of nitrogens with two attached hydrogens (primary N) is 1. The number of aryl methyl sites for hydroxylation is 1. The van der Waals surface area contributed by atoms with Crippen molar-refractivity contribution in [3.8, 4) is 5.75 Å². The minimum absolute atomic E-state index is 0. The normalized spacial score (nSPS) is 10.3. The van der Waals surface area contributed by atoms with Gasteiger partial charge in [-0.25, -0.2) is 4.98 Å². The first-order valence-corrected chi connectivity index (χ1v) is 7.03. The molecule has 0 radical (unpaired) electrons. The SMILES string of the molecule is Cc1cccc(OCCN(C)Cc2cnc(N)s2)c1.Cl. The zero-order chi connectivity index (χ0) is 13.7. The van der Waals surface area contributed by atoms with E-state index in [9.17, 15) is 0 Å². The molecule has 0 atom stereocenters. The maximum absolute atomic E-state index is 5.72. The molecule has 2 N–H and O–H groups in total. The Hall–Kier alpha value is -1.30. The quantitative estimate of drug-likeness (QED) is 0.891. The lowest BCUT2D eigenvalue weighted by Gasteiger charge is -2.15. The van der Waals surface area contributed by atoms with Gasteiger partial charge in [0.05, 0.1) is 0 Å². The van der Waals surface area contributed by atoms with E-state index in [0.717, 1.165) is 18.8 Å². The molecule has 110 valence electrons. The summed E-state index contributed by atoms with van der Waals surface area (Å²) >= 11 is 1.53. The van der Waals surface area contributed by atoms with Crippen LogP contribution < -0.4 is 10.5 Å². The molecule has 0 amide bonds. The fourth-order valence-corrected chi connectivity index (χ4v) is 2.53. The Kier molecular flexibility index (Phi) is 6.78. The van der Waals surface area contributed by atoms with Gasteiger partial charge in [0.1, 0.15) is 12.4 Å². The first kappa shape index (κ1) is 16.8. The molecule has 2 aromatic rings. The molecule has 0 aliphatic carbocycles. The Bertz CT molecular complexity index is 533. The van der Waals surface area contributed by atoms with Gasteiger partial charge >= 0.3 is 0 Å². The maximum Gasteiger partial charge on any atom is 0.180 e. The third-order valence-corrected chi connectivity index (χ3v) is 3.54. The summed E-state index contributed by atoms with van der Waals surface area (Å²) in [4.78, 5) is 7.42. The molecular formula is C14H20ClN3OS. The van der Waals surface area contributed by atoms with Gasteiger partial charge in [0.2, 0.25) is 0 Å². The van der Waals surface area contributed by atoms with Gasteiger partial charge in [-0.3, -0.25) is 4.90 Å². The Morgan fingerprint density at radius 2 is 2.20 bits per heavy atom. The van der Waals surface area contributed by atoms with E-state index in [0.29, 0.717) is 11.7 Å². The molecule has 6 heteroatoms. The van der Waals surface area contributed by atoms with Crippen LogP contribution >= 0.6 is 23.7 Å². The first-order chi connectivity index (χ1) is 9.13. The summed E-state index contributed by atoms with van der Waals surface area (Å²) in [6, 6.07) is 8.10. The van der Waals surface area contributed by atoms with Gasteiger partial charge in [-0.05, 0) is 31.7 Å².